The number of carbonyl (C=O) groups excluding carboxylic acids is 1. The first-order chi connectivity index (χ1) is 15.7. The van der Waals surface area contributed by atoms with Crippen LogP contribution in [0.1, 0.15) is 37.8 Å². The van der Waals surface area contributed by atoms with Gasteiger partial charge in [-0.25, -0.2) is 9.48 Å². The number of ether oxygens (including phenoxy) is 1. The van der Waals surface area contributed by atoms with Gasteiger partial charge in [0.2, 0.25) is 5.91 Å². The summed E-state index contributed by atoms with van der Waals surface area (Å²) in [4.78, 5) is 27.3. The highest BCUT2D eigenvalue weighted by Gasteiger charge is 2.31. The van der Waals surface area contributed by atoms with Crippen molar-refractivity contribution in [3.05, 3.63) is 52.4 Å². The average Bonchev–Trinajstić information content (AvgIpc) is 3.08. The Kier molecular flexibility index (Phi) is 6.25. The molecule has 3 heterocycles. The number of amides is 1. The molecule has 0 aliphatic carbocycles. The third-order valence-electron chi connectivity index (χ3n) is 5.39. The number of rotatable bonds is 6. The monoisotopic (exact) mass is 464 g/mol. The molecule has 0 unspecified atom stereocenters. The van der Waals surface area contributed by atoms with Crippen LogP contribution in [0.25, 0.3) is 5.65 Å². The number of carbonyl (C=O) groups is 1. The Labute approximate surface area is 186 Å². The van der Waals surface area contributed by atoms with Crippen molar-refractivity contribution in [3.8, 4) is 5.75 Å². The summed E-state index contributed by atoms with van der Waals surface area (Å²) in [5, 5.41) is 11.3. The lowest BCUT2D eigenvalue weighted by Crippen LogP contribution is -2.35. The van der Waals surface area contributed by atoms with E-state index in [9.17, 15) is 22.8 Å². The number of halogens is 3. The fraction of sp³-hybridized carbons (Fsp3) is 0.429. The Balaban J connectivity index is 1.42. The highest BCUT2D eigenvalue weighted by atomic mass is 19.4. The van der Waals surface area contributed by atoms with Gasteiger partial charge in [-0.05, 0) is 56.0 Å². The molecule has 2 aromatic heterocycles. The SMILES string of the molecule is C[C@H](NC(=O)Cn1nc2ccc(N3CCCCC3)nn2c1=O)c1ccc(OC(F)(F)F)cc1. The van der Waals surface area contributed by atoms with E-state index in [4.69, 9.17) is 0 Å². The zero-order valence-corrected chi connectivity index (χ0v) is 17.9. The molecule has 1 fully saturated rings. The first-order valence-electron chi connectivity index (χ1n) is 10.6. The summed E-state index contributed by atoms with van der Waals surface area (Å²) in [5.74, 6) is -0.128. The van der Waals surface area contributed by atoms with Crippen molar-refractivity contribution in [2.24, 2.45) is 0 Å². The molecule has 176 valence electrons. The maximum absolute atomic E-state index is 12.7. The number of aromatic nitrogens is 4. The Morgan fingerprint density at radius 2 is 1.79 bits per heavy atom. The fourth-order valence-corrected chi connectivity index (χ4v) is 3.76. The van der Waals surface area contributed by atoms with Crippen LogP contribution in [0.2, 0.25) is 0 Å². The van der Waals surface area contributed by atoms with Crippen LogP contribution in [0, 0.1) is 0 Å². The van der Waals surface area contributed by atoms with Gasteiger partial charge in [-0.2, -0.15) is 4.52 Å². The molecule has 1 atom stereocenters. The van der Waals surface area contributed by atoms with Crippen LogP contribution in [-0.4, -0.2) is 44.8 Å². The van der Waals surface area contributed by atoms with E-state index in [0.29, 0.717) is 17.0 Å². The van der Waals surface area contributed by atoms with Gasteiger partial charge in [0.05, 0.1) is 6.04 Å². The van der Waals surface area contributed by atoms with E-state index in [1.165, 1.54) is 35.2 Å². The van der Waals surface area contributed by atoms with Crippen LogP contribution in [-0.2, 0) is 11.3 Å². The molecule has 33 heavy (non-hydrogen) atoms. The van der Waals surface area contributed by atoms with Crippen molar-refractivity contribution < 1.29 is 22.7 Å². The van der Waals surface area contributed by atoms with Gasteiger partial charge in [-0.3, -0.25) is 4.79 Å². The maximum atomic E-state index is 12.7. The third-order valence-corrected chi connectivity index (χ3v) is 5.39. The number of nitrogens with zero attached hydrogens (tertiary/aromatic N) is 5. The normalized spacial score (nSPS) is 15.5. The summed E-state index contributed by atoms with van der Waals surface area (Å²) in [6.45, 7) is 3.12. The third kappa shape index (κ3) is 5.44. The minimum absolute atomic E-state index is 0.319. The van der Waals surface area contributed by atoms with Gasteiger partial charge < -0.3 is 15.0 Å². The van der Waals surface area contributed by atoms with Gasteiger partial charge >= 0.3 is 12.1 Å². The molecule has 1 aliphatic rings. The number of anilines is 1. The summed E-state index contributed by atoms with van der Waals surface area (Å²) in [5.41, 5.74) is 0.384. The van der Waals surface area contributed by atoms with Crippen LogP contribution in [0.3, 0.4) is 0 Å². The maximum Gasteiger partial charge on any atom is 0.573 e. The van der Waals surface area contributed by atoms with Crippen LogP contribution in [0.15, 0.2) is 41.2 Å². The molecule has 4 rings (SSSR count). The molecular formula is C21H23F3N6O3. The first kappa shape index (κ1) is 22.6. The predicted molar refractivity (Wildman–Crippen MR) is 113 cm³/mol. The Bertz CT molecular complexity index is 1180. The van der Waals surface area contributed by atoms with Gasteiger partial charge in [0.1, 0.15) is 18.1 Å². The Morgan fingerprint density at radius 1 is 1.09 bits per heavy atom. The van der Waals surface area contributed by atoms with Gasteiger partial charge in [-0.15, -0.1) is 23.4 Å². The molecule has 0 saturated carbocycles. The van der Waals surface area contributed by atoms with E-state index in [1.807, 2.05) is 6.07 Å². The molecule has 1 saturated heterocycles. The molecule has 1 aromatic carbocycles. The Morgan fingerprint density at radius 3 is 2.45 bits per heavy atom. The molecule has 12 heteroatoms. The number of benzene rings is 1. The summed E-state index contributed by atoms with van der Waals surface area (Å²) in [6.07, 6.45) is -1.45. The summed E-state index contributed by atoms with van der Waals surface area (Å²) < 4.78 is 42.9. The fourth-order valence-electron chi connectivity index (χ4n) is 3.76. The lowest BCUT2D eigenvalue weighted by Gasteiger charge is -2.27. The van der Waals surface area contributed by atoms with Crippen molar-refractivity contribution in [1.29, 1.82) is 0 Å². The lowest BCUT2D eigenvalue weighted by atomic mass is 10.1. The van der Waals surface area contributed by atoms with Crippen LogP contribution in [0.4, 0.5) is 19.0 Å². The van der Waals surface area contributed by atoms with E-state index < -0.39 is 24.0 Å². The molecule has 0 bridgehead atoms. The van der Waals surface area contributed by atoms with E-state index in [2.05, 4.69) is 25.2 Å². The van der Waals surface area contributed by atoms with Crippen molar-refractivity contribution in [1.82, 2.24) is 24.7 Å². The van der Waals surface area contributed by atoms with Crippen molar-refractivity contribution in [2.75, 3.05) is 18.0 Å². The van der Waals surface area contributed by atoms with Gasteiger partial charge in [-0.1, -0.05) is 12.1 Å². The van der Waals surface area contributed by atoms with E-state index >= 15 is 0 Å². The van der Waals surface area contributed by atoms with Gasteiger partial charge in [0.15, 0.2) is 5.65 Å². The second-order valence-electron chi connectivity index (χ2n) is 7.86. The number of hydrogen-bond acceptors (Lipinski definition) is 6. The number of piperidine rings is 1. The van der Waals surface area contributed by atoms with Crippen LogP contribution >= 0.6 is 0 Å². The number of nitrogens with one attached hydrogen (secondary N) is 1. The molecular weight excluding hydrogens is 441 g/mol. The summed E-state index contributed by atoms with van der Waals surface area (Å²) >= 11 is 0. The predicted octanol–water partition coefficient (Wildman–Crippen LogP) is 2.66. The highest BCUT2D eigenvalue weighted by molar-refractivity contribution is 5.76. The van der Waals surface area contributed by atoms with Crippen molar-refractivity contribution >= 4 is 17.4 Å². The van der Waals surface area contributed by atoms with E-state index in [1.54, 1.807) is 13.0 Å². The molecule has 0 spiro atoms. The molecule has 3 aromatic rings. The van der Waals surface area contributed by atoms with Crippen LogP contribution in [0.5, 0.6) is 5.75 Å². The average molecular weight is 464 g/mol. The standard InChI is InChI=1S/C21H23F3N6O3/c1-14(15-5-7-16(8-6-15)33-21(22,23)24)25-19(31)13-29-20(32)30-18(26-29)10-9-17(27-30)28-11-3-2-4-12-28/h5-10,14H,2-4,11-13H2,1H3,(H,25,31)/t14-/m0/s1. The minimum Gasteiger partial charge on any atom is -0.406 e. The number of alkyl halides is 3. The summed E-state index contributed by atoms with van der Waals surface area (Å²) in [6, 6.07) is 8.19. The van der Waals surface area contributed by atoms with E-state index in [-0.39, 0.29) is 12.3 Å². The molecule has 1 amide bonds. The second-order valence-corrected chi connectivity index (χ2v) is 7.86. The molecule has 1 N–H and O–H groups in total. The van der Waals surface area contributed by atoms with Gasteiger partial charge in [0, 0.05) is 13.1 Å². The largest absolute Gasteiger partial charge is 0.573 e. The van der Waals surface area contributed by atoms with E-state index in [0.717, 1.165) is 30.6 Å². The quantitative estimate of drug-likeness (QED) is 0.603. The lowest BCUT2D eigenvalue weighted by molar-refractivity contribution is -0.274. The zero-order chi connectivity index (χ0) is 23.6. The number of hydrogen-bond donors (Lipinski definition) is 1. The second kappa shape index (κ2) is 9.12. The minimum atomic E-state index is -4.77. The van der Waals surface area contributed by atoms with Crippen molar-refractivity contribution in [3.63, 3.8) is 0 Å². The van der Waals surface area contributed by atoms with Crippen LogP contribution < -0.4 is 20.6 Å². The number of fused-ring (bicyclic) bond motifs is 1. The van der Waals surface area contributed by atoms with Gasteiger partial charge in [0.25, 0.3) is 0 Å². The smallest absolute Gasteiger partial charge is 0.406 e. The topological polar surface area (TPSA) is 93.8 Å². The molecule has 0 radical (unpaired) electrons. The Hall–Kier alpha value is -3.57. The first-order valence-corrected chi connectivity index (χ1v) is 10.6. The highest BCUT2D eigenvalue weighted by Crippen LogP contribution is 2.24. The van der Waals surface area contributed by atoms with Crippen molar-refractivity contribution in [2.45, 2.75) is 45.1 Å². The zero-order valence-electron chi connectivity index (χ0n) is 17.9. The summed E-state index contributed by atoms with van der Waals surface area (Å²) in [7, 11) is 0. The molecule has 1 aliphatic heterocycles. The molecule has 9 nitrogen and oxygen atoms in total.